The van der Waals surface area contributed by atoms with E-state index < -0.39 is 0 Å². The summed E-state index contributed by atoms with van der Waals surface area (Å²) in [6, 6.07) is 6.42. The zero-order valence-corrected chi connectivity index (χ0v) is 7.65. The number of phenols is 3. The van der Waals surface area contributed by atoms with Crippen molar-refractivity contribution in [1.82, 2.24) is 0 Å². The van der Waals surface area contributed by atoms with Gasteiger partial charge in [-0.05, 0) is 30.0 Å². The van der Waals surface area contributed by atoms with Gasteiger partial charge in [-0.25, -0.2) is 0 Å². The molecule has 0 amide bonds. The van der Waals surface area contributed by atoms with E-state index in [4.69, 9.17) is 0 Å². The van der Waals surface area contributed by atoms with Crippen molar-refractivity contribution >= 4 is 10.8 Å². The zero-order valence-electron chi connectivity index (χ0n) is 7.65. The average molecular weight is 190 g/mol. The predicted octanol–water partition coefficient (Wildman–Crippen LogP) is 2.27. The molecule has 0 aliphatic carbocycles. The van der Waals surface area contributed by atoms with Crippen LogP contribution in [0.1, 0.15) is 5.56 Å². The molecule has 0 saturated carbocycles. The number of rotatable bonds is 0. The van der Waals surface area contributed by atoms with E-state index in [1.807, 2.05) is 13.0 Å². The predicted molar refractivity (Wildman–Crippen MR) is 53.7 cm³/mol. The Morgan fingerprint density at radius 3 is 2.36 bits per heavy atom. The van der Waals surface area contributed by atoms with Crippen LogP contribution in [-0.2, 0) is 0 Å². The van der Waals surface area contributed by atoms with Crippen LogP contribution >= 0.6 is 0 Å². The average Bonchev–Trinajstić information content (AvgIpc) is 2.10. The van der Waals surface area contributed by atoms with E-state index in [2.05, 4.69) is 0 Å². The van der Waals surface area contributed by atoms with Crippen LogP contribution < -0.4 is 0 Å². The SMILES string of the molecule is Cc1cc(O)c2c(O)c(O)ccc2c1. The summed E-state index contributed by atoms with van der Waals surface area (Å²) >= 11 is 0. The Labute approximate surface area is 80.9 Å². The van der Waals surface area contributed by atoms with Gasteiger partial charge in [-0.2, -0.15) is 0 Å². The summed E-state index contributed by atoms with van der Waals surface area (Å²) < 4.78 is 0. The van der Waals surface area contributed by atoms with Crippen LogP contribution in [-0.4, -0.2) is 15.3 Å². The Bertz CT molecular complexity index is 503. The molecule has 3 nitrogen and oxygen atoms in total. The molecule has 0 unspecified atom stereocenters. The van der Waals surface area contributed by atoms with Gasteiger partial charge in [0.25, 0.3) is 0 Å². The molecule has 0 aromatic heterocycles. The molecule has 14 heavy (non-hydrogen) atoms. The van der Waals surface area contributed by atoms with Crippen molar-refractivity contribution in [3.63, 3.8) is 0 Å². The molecule has 2 aromatic carbocycles. The second-order valence-corrected chi connectivity index (χ2v) is 3.32. The van der Waals surface area contributed by atoms with Crippen LogP contribution in [0.25, 0.3) is 10.8 Å². The van der Waals surface area contributed by atoms with E-state index >= 15 is 0 Å². The smallest absolute Gasteiger partial charge is 0.169 e. The van der Waals surface area contributed by atoms with Crippen molar-refractivity contribution in [3.05, 3.63) is 29.8 Å². The lowest BCUT2D eigenvalue weighted by Gasteiger charge is -2.06. The number of hydrogen-bond acceptors (Lipinski definition) is 3. The molecule has 0 fully saturated rings. The molecule has 0 bridgehead atoms. The summed E-state index contributed by atoms with van der Waals surface area (Å²) in [4.78, 5) is 0. The summed E-state index contributed by atoms with van der Waals surface area (Å²) in [6.07, 6.45) is 0. The molecule has 0 aliphatic heterocycles. The third-order valence-electron chi connectivity index (χ3n) is 2.19. The molecule has 3 heteroatoms. The molecule has 2 aromatic rings. The number of aryl methyl sites for hydroxylation is 1. The molecule has 72 valence electrons. The maximum absolute atomic E-state index is 9.59. The fourth-order valence-electron chi connectivity index (χ4n) is 1.56. The number of benzene rings is 2. The van der Waals surface area contributed by atoms with Gasteiger partial charge in [0.1, 0.15) is 5.75 Å². The lowest BCUT2D eigenvalue weighted by Crippen LogP contribution is -1.79. The molecule has 0 spiro atoms. The van der Waals surface area contributed by atoms with Crippen molar-refractivity contribution in [1.29, 1.82) is 0 Å². The van der Waals surface area contributed by atoms with Crippen LogP contribution in [0.3, 0.4) is 0 Å². The standard InChI is InChI=1S/C11H10O3/c1-6-4-7-2-3-8(12)11(14)10(7)9(13)5-6/h2-5,12-14H,1H3. The maximum Gasteiger partial charge on any atom is 0.169 e. The Balaban J connectivity index is 2.95. The number of phenolic OH excluding ortho intramolecular Hbond substituents is 3. The van der Waals surface area contributed by atoms with Crippen LogP contribution in [0.5, 0.6) is 17.2 Å². The van der Waals surface area contributed by atoms with Crippen molar-refractivity contribution in [2.45, 2.75) is 6.92 Å². The first-order chi connectivity index (χ1) is 6.59. The first kappa shape index (κ1) is 8.69. The summed E-state index contributed by atoms with van der Waals surface area (Å²) in [5, 5.41) is 29.3. The van der Waals surface area contributed by atoms with E-state index in [1.54, 1.807) is 12.1 Å². The minimum Gasteiger partial charge on any atom is -0.507 e. The molecule has 0 radical (unpaired) electrons. The van der Waals surface area contributed by atoms with Crippen LogP contribution in [0, 0.1) is 6.92 Å². The quantitative estimate of drug-likeness (QED) is 0.558. The van der Waals surface area contributed by atoms with Gasteiger partial charge in [-0.3, -0.25) is 0 Å². The van der Waals surface area contributed by atoms with Crippen molar-refractivity contribution in [2.75, 3.05) is 0 Å². The van der Waals surface area contributed by atoms with Gasteiger partial charge in [0.15, 0.2) is 11.5 Å². The Morgan fingerprint density at radius 1 is 0.929 bits per heavy atom. The van der Waals surface area contributed by atoms with Gasteiger partial charge in [0.05, 0.1) is 5.39 Å². The highest BCUT2D eigenvalue weighted by atomic mass is 16.3. The summed E-state index contributed by atoms with van der Waals surface area (Å²) in [5.41, 5.74) is 0.903. The first-order valence-electron chi connectivity index (χ1n) is 4.24. The van der Waals surface area contributed by atoms with Crippen LogP contribution in [0.4, 0.5) is 0 Å². The molecular weight excluding hydrogens is 180 g/mol. The highest BCUT2D eigenvalue weighted by Crippen LogP contribution is 2.39. The van der Waals surface area contributed by atoms with E-state index in [-0.39, 0.29) is 22.6 Å². The summed E-state index contributed by atoms with van der Waals surface area (Å²) in [6.45, 7) is 1.85. The monoisotopic (exact) mass is 190 g/mol. The fourth-order valence-corrected chi connectivity index (χ4v) is 1.56. The number of hydrogen-bond donors (Lipinski definition) is 3. The highest BCUT2D eigenvalue weighted by molar-refractivity contribution is 5.95. The third kappa shape index (κ3) is 1.14. The van der Waals surface area contributed by atoms with E-state index in [0.717, 1.165) is 5.56 Å². The Kier molecular flexibility index (Phi) is 1.74. The van der Waals surface area contributed by atoms with E-state index in [0.29, 0.717) is 5.39 Å². The normalized spacial score (nSPS) is 10.6. The lowest BCUT2D eigenvalue weighted by atomic mass is 10.1. The molecule has 0 aliphatic rings. The van der Waals surface area contributed by atoms with E-state index in [1.165, 1.54) is 6.07 Å². The number of aromatic hydroxyl groups is 3. The van der Waals surface area contributed by atoms with Gasteiger partial charge in [0, 0.05) is 0 Å². The zero-order chi connectivity index (χ0) is 10.3. The van der Waals surface area contributed by atoms with Crippen LogP contribution in [0.2, 0.25) is 0 Å². The number of fused-ring (bicyclic) bond motifs is 1. The second kappa shape index (κ2) is 2.80. The van der Waals surface area contributed by atoms with Crippen molar-refractivity contribution in [2.24, 2.45) is 0 Å². The largest absolute Gasteiger partial charge is 0.507 e. The van der Waals surface area contributed by atoms with Gasteiger partial charge in [-0.1, -0.05) is 12.1 Å². The minimum absolute atomic E-state index is 0.0200. The molecule has 0 saturated heterocycles. The van der Waals surface area contributed by atoms with Gasteiger partial charge in [0.2, 0.25) is 0 Å². The maximum atomic E-state index is 9.59. The summed E-state index contributed by atoms with van der Waals surface area (Å²) in [5.74, 6) is -0.523. The fraction of sp³-hybridized carbons (Fsp3) is 0.0909. The minimum atomic E-state index is -0.278. The van der Waals surface area contributed by atoms with Gasteiger partial charge in [-0.15, -0.1) is 0 Å². The topological polar surface area (TPSA) is 60.7 Å². The van der Waals surface area contributed by atoms with Gasteiger partial charge < -0.3 is 15.3 Å². The molecule has 0 heterocycles. The van der Waals surface area contributed by atoms with Crippen LogP contribution in [0.15, 0.2) is 24.3 Å². The molecule has 2 rings (SSSR count). The van der Waals surface area contributed by atoms with Gasteiger partial charge >= 0.3 is 0 Å². The highest BCUT2D eigenvalue weighted by Gasteiger charge is 2.09. The van der Waals surface area contributed by atoms with Crippen molar-refractivity contribution < 1.29 is 15.3 Å². The summed E-state index contributed by atoms with van der Waals surface area (Å²) in [7, 11) is 0. The van der Waals surface area contributed by atoms with Crippen molar-refractivity contribution in [3.8, 4) is 17.2 Å². The second-order valence-electron chi connectivity index (χ2n) is 3.32. The molecule has 3 N–H and O–H groups in total. The Hall–Kier alpha value is -1.90. The molecular formula is C11H10O3. The third-order valence-corrected chi connectivity index (χ3v) is 2.19. The first-order valence-corrected chi connectivity index (χ1v) is 4.24. The lowest BCUT2D eigenvalue weighted by molar-refractivity contribution is 0.405. The Morgan fingerprint density at radius 2 is 1.64 bits per heavy atom. The van der Waals surface area contributed by atoms with E-state index in [9.17, 15) is 15.3 Å². The molecule has 0 atom stereocenters.